The molecule has 39 heavy (non-hydrogen) atoms. The van der Waals surface area contributed by atoms with E-state index in [9.17, 15) is 14.4 Å². The highest BCUT2D eigenvalue weighted by Crippen LogP contribution is 2.13. The van der Waals surface area contributed by atoms with Gasteiger partial charge in [0.25, 0.3) is 0 Å². The van der Waals surface area contributed by atoms with Crippen LogP contribution in [0.5, 0.6) is 5.75 Å². The van der Waals surface area contributed by atoms with Gasteiger partial charge in [-0.1, -0.05) is 102 Å². The summed E-state index contributed by atoms with van der Waals surface area (Å²) in [5.74, 6) is 1.74. The second-order valence-corrected chi connectivity index (χ2v) is 10.4. The summed E-state index contributed by atoms with van der Waals surface area (Å²) in [6, 6.07) is 25.2. The quantitative estimate of drug-likeness (QED) is 0.310. The van der Waals surface area contributed by atoms with Crippen molar-refractivity contribution in [3.05, 3.63) is 95.6 Å². The lowest BCUT2D eigenvalue weighted by molar-refractivity contribution is -0.122. The van der Waals surface area contributed by atoms with Crippen LogP contribution in [0.1, 0.15) is 58.2 Å². The zero-order valence-electron chi connectivity index (χ0n) is 24.8. The van der Waals surface area contributed by atoms with E-state index in [1.165, 1.54) is 5.56 Å². The summed E-state index contributed by atoms with van der Waals surface area (Å²) in [4.78, 5) is 34.0. The average Bonchev–Trinajstić information content (AvgIpc) is 2.91. The van der Waals surface area contributed by atoms with Gasteiger partial charge in [0.05, 0.1) is 7.11 Å². The number of ether oxygens (including phenoxy) is 1. The number of methoxy groups -OCH3 is 1. The van der Waals surface area contributed by atoms with E-state index >= 15 is 0 Å². The van der Waals surface area contributed by atoms with Crippen LogP contribution in [-0.2, 0) is 27.2 Å². The minimum absolute atomic E-state index is 0.0326. The first-order valence-electron chi connectivity index (χ1n) is 13.5. The Morgan fingerprint density at radius 2 is 1.08 bits per heavy atom. The van der Waals surface area contributed by atoms with Crippen molar-refractivity contribution in [2.24, 2.45) is 17.8 Å². The second-order valence-electron chi connectivity index (χ2n) is 10.4. The van der Waals surface area contributed by atoms with Crippen LogP contribution in [0.25, 0.3) is 0 Å². The molecule has 0 saturated heterocycles. The summed E-state index contributed by atoms with van der Waals surface area (Å²) in [7, 11) is 1.63. The zero-order valence-corrected chi connectivity index (χ0v) is 24.8. The molecule has 0 atom stereocenters. The highest BCUT2D eigenvalue weighted by atomic mass is 16.5. The zero-order chi connectivity index (χ0) is 29.4. The molecular weight excluding hydrogens is 486 g/mol. The third-order valence-corrected chi connectivity index (χ3v) is 5.89. The van der Waals surface area contributed by atoms with E-state index in [-0.39, 0.29) is 29.4 Å². The first-order chi connectivity index (χ1) is 18.4. The number of carbonyl (C=O) groups is 3. The number of benzene rings is 3. The van der Waals surface area contributed by atoms with E-state index in [0.717, 1.165) is 22.6 Å². The lowest BCUT2D eigenvalue weighted by atomic mass is 10.0. The van der Waals surface area contributed by atoms with Crippen LogP contribution in [0, 0.1) is 24.7 Å². The molecule has 1 N–H and O–H groups in total. The van der Waals surface area contributed by atoms with Crippen LogP contribution in [0.15, 0.2) is 78.9 Å². The van der Waals surface area contributed by atoms with Crippen molar-refractivity contribution in [2.75, 3.05) is 12.4 Å². The molecule has 3 aromatic rings. The maximum atomic E-state index is 11.4. The third kappa shape index (κ3) is 14.1. The van der Waals surface area contributed by atoms with Crippen LogP contribution < -0.4 is 10.1 Å². The minimum atomic E-state index is 0.0326. The van der Waals surface area contributed by atoms with Gasteiger partial charge in [-0.15, -0.1) is 0 Å². The van der Waals surface area contributed by atoms with Crippen LogP contribution in [0.3, 0.4) is 0 Å². The highest BCUT2D eigenvalue weighted by Gasteiger charge is 2.08. The predicted octanol–water partition coefficient (Wildman–Crippen LogP) is 7.51. The SMILES string of the molecule is CC(C)C(=O)Nc1ccccc1.COc1ccc(CC(=O)C(C)C)cc1.Cc1ccc(CC(=O)C(C)C)cc1. The van der Waals surface area contributed by atoms with E-state index in [1.807, 2.05) is 127 Å². The number of carbonyl (C=O) groups excluding carboxylic acids is 3. The molecule has 0 aromatic heterocycles. The summed E-state index contributed by atoms with van der Waals surface area (Å²) in [6.07, 6.45) is 1.08. The molecule has 0 saturated carbocycles. The van der Waals surface area contributed by atoms with Gasteiger partial charge < -0.3 is 10.1 Å². The molecule has 3 aromatic carbocycles. The number of hydrogen-bond donors (Lipinski definition) is 1. The Morgan fingerprint density at radius 1 is 0.641 bits per heavy atom. The van der Waals surface area contributed by atoms with Crippen molar-refractivity contribution in [1.82, 2.24) is 0 Å². The molecule has 0 unspecified atom stereocenters. The molecule has 0 fully saturated rings. The summed E-state index contributed by atoms with van der Waals surface area (Å²) in [5, 5.41) is 2.80. The van der Waals surface area contributed by atoms with Gasteiger partial charge in [0, 0.05) is 36.3 Å². The molecule has 5 heteroatoms. The third-order valence-electron chi connectivity index (χ3n) is 5.89. The molecule has 1 amide bonds. The summed E-state index contributed by atoms with van der Waals surface area (Å²) >= 11 is 0. The van der Waals surface area contributed by atoms with E-state index in [4.69, 9.17) is 4.74 Å². The van der Waals surface area contributed by atoms with Gasteiger partial charge in [0.2, 0.25) is 5.91 Å². The number of para-hydroxylation sites is 1. The largest absolute Gasteiger partial charge is 0.497 e. The molecule has 0 aliphatic carbocycles. The number of rotatable bonds is 9. The minimum Gasteiger partial charge on any atom is -0.497 e. The number of ketones is 2. The molecule has 0 bridgehead atoms. The fraction of sp³-hybridized carbons (Fsp3) is 0.382. The van der Waals surface area contributed by atoms with E-state index in [2.05, 4.69) is 5.32 Å². The second kappa shape index (κ2) is 17.7. The molecule has 210 valence electrons. The molecule has 0 spiro atoms. The van der Waals surface area contributed by atoms with E-state index in [0.29, 0.717) is 18.6 Å². The number of amides is 1. The lowest BCUT2D eigenvalue weighted by Crippen LogP contribution is -2.17. The van der Waals surface area contributed by atoms with Crippen molar-refractivity contribution in [3.8, 4) is 5.75 Å². The first-order valence-corrected chi connectivity index (χ1v) is 13.5. The first kappa shape index (κ1) is 33.3. The van der Waals surface area contributed by atoms with Crippen molar-refractivity contribution in [1.29, 1.82) is 0 Å². The Kier molecular flexibility index (Phi) is 15.1. The number of nitrogens with one attached hydrogen (secondary N) is 1. The monoisotopic (exact) mass is 531 g/mol. The summed E-state index contributed by atoms with van der Waals surface area (Å²) in [5.41, 5.74) is 4.26. The van der Waals surface area contributed by atoms with Crippen molar-refractivity contribution in [3.63, 3.8) is 0 Å². The lowest BCUT2D eigenvalue weighted by Gasteiger charge is -2.06. The Hall–Kier alpha value is -3.73. The summed E-state index contributed by atoms with van der Waals surface area (Å²) in [6.45, 7) is 13.5. The molecule has 0 aliphatic heterocycles. The van der Waals surface area contributed by atoms with Gasteiger partial charge >= 0.3 is 0 Å². The van der Waals surface area contributed by atoms with Crippen LogP contribution in [-0.4, -0.2) is 24.6 Å². The van der Waals surface area contributed by atoms with Gasteiger partial charge in [-0.2, -0.15) is 0 Å². The van der Waals surface area contributed by atoms with E-state index in [1.54, 1.807) is 7.11 Å². The number of hydrogen-bond acceptors (Lipinski definition) is 4. The highest BCUT2D eigenvalue weighted by molar-refractivity contribution is 5.91. The van der Waals surface area contributed by atoms with Crippen LogP contribution >= 0.6 is 0 Å². The topological polar surface area (TPSA) is 72.5 Å². The fourth-order valence-corrected chi connectivity index (χ4v) is 3.07. The molecular formula is C34H45NO4. The van der Waals surface area contributed by atoms with Crippen LogP contribution in [0.2, 0.25) is 0 Å². The van der Waals surface area contributed by atoms with Crippen molar-refractivity contribution < 1.29 is 19.1 Å². The van der Waals surface area contributed by atoms with Gasteiger partial charge in [-0.25, -0.2) is 0 Å². The number of aryl methyl sites for hydroxylation is 1. The van der Waals surface area contributed by atoms with Crippen molar-refractivity contribution in [2.45, 2.75) is 61.3 Å². The van der Waals surface area contributed by atoms with Gasteiger partial charge in [-0.3, -0.25) is 14.4 Å². The van der Waals surface area contributed by atoms with Gasteiger partial charge in [0.15, 0.2) is 0 Å². The van der Waals surface area contributed by atoms with Gasteiger partial charge in [0.1, 0.15) is 17.3 Å². The Labute approximate surface area is 235 Å². The molecule has 0 radical (unpaired) electrons. The fourth-order valence-electron chi connectivity index (χ4n) is 3.07. The molecule has 0 heterocycles. The molecule has 5 nitrogen and oxygen atoms in total. The average molecular weight is 532 g/mol. The Morgan fingerprint density at radius 3 is 1.46 bits per heavy atom. The normalized spacial score (nSPS) is 10.2. The maximum absolute atomic E-state index is 11.4. The Balaban J connectivity index is 0.000000293. The molecule has 0 aliphatic rings. The van der Waals surface area contributed by atoms with Gasteiger partial charge in [-0.05, 0) is 42.3 Å². The maximum Gasteiger partial charge on any atom is 0.226 e. The van der Waals surface area contributed by atoms with Crippen LogP contribution in [0.4, 0.5) is 5.69 Å². The smallest absolute Gasteiger partial charge is 0.226 e. The molecule has 3 rings (SSSR count). The standard InChI is InChI=1S/C12H16O2.C12H16O.C10H13NO/c1-9(2)12(13)8-10-4-6-11(14-3)7-5-10;1-9(2)12(13)8-11-6-4-10(3)5-7-11;1-8(2)10(12)11-9-6-4-3-5-7-9/h4-7,9H,8H2,1-3H3;4-7,9H,8H2,1-3H3;3-8H,1-2H3,(H,11,12). The van der Waals surface area contributed by atoms with E-state index < -0.39 is 0 Å². The summed E-state index contributed by atoms with van der Waals surface area (Å²) < 4.78 is 5.04. The number of anilines is 1. The predicted molar refractivity (Wildman–Crippen MR) is 161 cm³/mol. The number of Topliss-reactive ketones (excluding diaryl/α,β-unsaturated/α-hetero) is 2. The Bertz CT molecular complexity index is 1130. The van der Waals surface area contributed by atoms with Crippen molar-refractivity contribution >= 4 is 23.2 Å².